The van der Waals surface area contributed by atoms with Gasteiger partial charge in [0.05, 0.1) is 5.56 Å². The van der Waals surface area contributed by atoms with Gasteiger partial charge in [-0.1, -0.05) is 33.3 Å². The highest BCUT2D eigenvalue weighted by molar-refractivity contribution is 5.88. The molecule has 3 nitrogen and oxygen atoms in total. The lowest BCUT2D eigenvalue weighted by Gasteiger charge is -2.29. The molecule has 2 atom stereocenters. The van der Waals surface area contributed by atoms with Gasteiger partial charge in [0, 0.05) is 11.7 Å². The highest BCUT2D eigenvalue weighted by Crippen LogP contribution is 2.37. The SMILES string of the molecule is CC(C)(C)C1CCCC(Nc2cccc(C(=O)O)c2)CC1. The van der Waals surface area contributed by atoms with Crippen LogP contribution in [0.25, 0.3) is 0 Å². The molecule has 2 unspecified atom stereocenters. The molecule has 0 radical (unpaired) electrons. The van der Waals surface area contributed by atoms with Crippen molar-refractivity contribution in [3.05, 3.63) is 29.8 Å². The van der Waals surface area contributed by atoms with Gasteiger partial charge < -0.3 is 10.4 Å². The van der Waals surface area contributed by atoms with Crippen LogP contribution in [-0.4, -0.2) is 17.1 Å². The molecule has 1 aliphatic carbocycles. The lowest BCUT2D eigenvalue weighted by atomic mass is 9.76. The van der Waals surface area contributed by atoms with Gasteiger partial charge in [0.25, 0.3) is 0 Å². The molecular weight excluding hydrogens is 262 g/mol. The first-order valence-corrected chi connectivity index (χ1v) is 7.96. The minimum absolute atomic E-state index is 0.348. The monoisotopic (exact) mass is 289 g/mol. The smallest absolute Gasteiger partial charge is 0.335 e. The Morgan fingerprint density at radius 1 is 1.19 bits per heavy atom. The van der Waals surface area contributed by atoms with Crippen LogP contribution in [0.5, 0.6) is 0 Å². The average Bonchev–Trinajstić information content (AvgIpc) is 2.64. The molecule has 0 spiro atoms. The summed E-state index contributed by atoms with van der Waals surface area (Å²) in [5.74, 6) is -0.0815. The highest BCUT2D eigenvalue weighted by atomic mass is 16.4. The quantitative estimate of drug-likeness (QED) is 0.786. The molecule has 1 aromatic carbocycles. The van der Waals surface area contributed by atoms with E-state index in [0.29, 0.717) is 17.0 Å². The van der Waals surface area contributed by atoms with Gasteiger partial charge in [0.2, 0.25) is 0 Å². The molecule has 0 heterocycles. The zero-order valence-electron chi connectivity index (χ0n) is 13.4. The van der Waals surface area contributed by atoms with Crippen LogP contribution in [0.2, 0.25) is 0 Å². The van der Waals surface area contributed by atoms with Crippen molar-refractivity contribution in [3.63, 3.8) is 0 Å². The summed E-state index contributed by atoms with van der Waals surface area (Å²) in [5, 5.41) is 12.6. The standard InChI is InChI=1S/C18H27NO2/c1-18(2,3)14-7-5-8-15(11-10-14)19-16-9-4-6-13(12-16)17(20)21/h4,6,9,12,14-15,19H,5,7-8,10-11H2,1-3H3,(H,20,21). The number of benzene rings is 1. The maximum absolute atomic E-state index is 11.0. The predicted molar refractivity (Wildman–Crippen MR) is 86.8 cm³/mol. The van der Waals surface area contributed by atoms with Crippen molar-refractivity contribution in [2.24, 2.45) is 11.3 Å². The van der Waals surface area contributed by atoms with E-state index in [0.717, 1.165) is 11.6 Å². The maximum Gasteiger partial charge on any atom is 0.335 e. The van der Waals surface area contributed by atoms with E-state index >= 15 is 0 Å². The van der Waals surface area contributed by atoms with Gasteiger partial charge in [0.15, 0.2) is 0 Å². The Bertz CT molecular complexity index is 490. The predicted octanol–water partition coefficient (Wildman–Crippen LogP) is 4.79. The lowest BCUT2D eigenvalue weighted by Crippen LogP contribution is -2.21. The third-order valence-corrected chi connectivity index (χ3v) is 4.67. The van der Waals surface area contributed by atoms with Crippen LogP contribution < -0.4 is 5.32 Å². The van der Waals surface area contributed by atoms with Crippen molar-refractivity contribution in [3.8, 4) is 0 Å². The summed E-state index contributed by atoms with van der Waals surface area (Å²) in [6.07, 6.45) is 6.14. The minimum atomic E-state index is -0.868. The van der Waals surface area contributed by atoms with Gasteiger partial charge >= 0.3 is 5.97 Å². The van der Waals surface area contributed by atoms with Gasteiger partial charge in [-0.05, 0) is 55.2 Å². The molecule has 0 aromatic heterocycles. The molecular formula is C18H27NO2. The first-order valence-electron chi connectivity index (χ1n) is 7.96. The lowest BCUT2D eigenvalue weighted by molar-refractivity contribution is 0.0697. The molecule has 0 bridgehead atoms. The van der Waals surface area contributed by atoms with E-state index in [4.69, 9.17) is 5.11 Å². The summed E-state index contributed by atoms with van der Waals surface area (Å²) >= 11 is 0. The van der Waals surface area contributed by atoms with Gasteiger partial charge in [0.1, 0.15) is 0 Å². The fourth-order valence-electron chi connectivity index (χ4n) is 3.29. The van der Waals surface area contributed by atoms with Crippen molar-refractivity contribution >= 4 is 11.7 Å². The highest BCUT2D eigenvalue weighted by Gasteiger charge is 2.27. The number of nitrogens with one attached hydrogen (secondary N) is 1. The number of hydrogen-bond donors (Lipinski definition) is 2. The fourth-order valence-corrected chi connectivity index (χ4v) is 3.29. The van der Waals surface area contributed by atoms with Crippen molar-refractivity contribution in [1.29, 1.82) is 0 Å². The van der Waals surface area contributed by atoms with E-state index in [9.17, 15) is 4.79 Å². The van der Waals surface area contributed by atoms with Crippen molar-refractivity contribution in [1.82, 2.24) is 0 Å². The maximum atomic E-state index is 11.0. The van der Waals surface area contributed by atoms with Crippen LogP contribution in [-0.2, 0) is 0 Å². The molecule has 1 aromatic rings. The number of aromatic carboxylic acids is 1. The van der Waals surface area contributed by atoms with Crippen LogP contribution >= 0.6 is 0 Å². The number of rotatable bonds is 3. The van der Waals surface area contributed by atoms with E-state index < -0.39 is 5.97 Å². The van der Waals surface area contributed by atoms with E-state index in [2.05, 4.69) is 26.1 Å². The van der Waals surface area contributed by atoms with Crippen LogP contribution in [0, 0.1) is 11.3 Å². The van der Waals surface area contributed by atoms with Gasteiger partial charge in [-0.3, -0.25) is 0 Å². The molecule has 0 aliphatic heterocycles. The Morgan fingerprint density at radius 3 is 2.62 bits per heavy atom. The molecule has 0 amide bonds. The van der Waals surface area contributed by atoms with Gasteiger partial charge in [-0.2, -0.15) is 0 Å². The summed E-state index contributed by atoms with van der Waals surface area (Å²) in [6, 6.07) is 7.59. The van der Waals surface area contributed by atoms with Crippen LogP contribution in [0.4, 0.5) is 5.69 Å². The first kappa shape index (κ1) is 15.9. The van der Waals surface area contributed by atoms with Crippen LogP contribution in [0.15, 0.2) is 24.3 Å². The van der Waals surface area contributed by atoms with Crippen LogP contribution in [0.3, 0.4) is 0 Å². The minimum Gasteiger partial charge on any atom is -0.478 e. The number of anilines is 1. The second-order valence-electron chi connectivity index (χ2n) is 7.30. The van der Waals surface area contributed by atoms with Gasteiger partial charge in [-0.15, -0.1) is 0 Å². The summed E-state index contributed by atoms with van der Waals surface area (Å²) in [6.45, 7) is 7.01. The molecule has 21 heavy (non-hydrogen) atoms. The van der Waals surface area contributed by atoms with Crippen LogP contribution in [0.1, 0.15) is 63.2 Å². The Balaban J connectivity index is 1.98. The van der Waals surface area contributed by atoms with E-state index in [1.54, 1.807) is 18.2 Å². The summed E-state index contributed by atoms with van der Waals surface area (Å²) in [7, 11) is 0. The van der Waals surface area contributed by atoms with E-state index in [1.165, 1.54) is 32.1 Å². The van der Waals surface area contributed by atoms with Gasteiger partial charge in [-0.25, -0.2) is 4.79 Å². The summed E-state index contributed by atoms with van der Waals surface area (Å²) < 4.78 is 0. The Morgan fingerprint density at radius 2 is 1.95 bits per heavy atom. The van der Waals surface area contributed by atoms with E-state index in [1.807, 2.05) is 6.07 Å². The van der Waals surface area contributed by atoms with Crippen molar-refractivity contribution < 1.29 is 9.90 Å². The number of carboxylic acids is 1. The van der Waals surface area contributed by atoms with Crippen molar-refractivity contribution in [2.45, 2.75) is 58.9 Å². The Kier molecular flexibility index (Phi) is 4.92. The third kappa shape index (κ3) is 4.48. The molecule has 1 aliphatic rings. The Labute approximate surface area is 127 Å². The summed E-state index contributed by atoms with van der Waals surface area (Å²) in [5.41, 5.74) is 1.66. The normalized spacial score (nSPS) is 23.4. The number of carboxylic acid groups (broad SMARTS) is 1. The fraction of sp³-hybridized carbons (Fsp3) is 0.611. The molecule has 116 valence electrons. The topological polar surface area (TPSA) is 49.3 Å². The molecule has 2 rings (SSSR count). The number of hydrogen-bond acceptors (Lipinski definition) is 2. The molecule has 1 saturated carbocycles. The van der Waals surface area contributed by atoms with Crippen molar-refractivity contribution in [2.75, 3.05) is 5.32 Å². The molecule has 1 fully saturated rings. The average molecular weight is 289 g/mol. The first-order chi connectivity index (χ1) is 9.86. The second-order valence-corrected chi connectivity index (χ2v) is 7.30. The third-order valence-electron chi connectivity index (χ3n) is 4.67. The van der Waals surface area contributed by atoms with E-state index in [-0.39, 0.29) is 0 Å². The summed E-state index contributed by atoms with van der Waals surface area (Å²) in [4.78, 5) is 11.0. The number of carbonyl (C=O) groups is 1. The molecule has 3 heteroatoms. The zero-order chi connectivity index (χ0) is 15.5. The molecule has 2 N–H and O–H groups in total. The zero-order valence-corrected chi connectivity index (χ0v) is 13.4. The largest absolute Gasteiger partial charge is 0.478 e. The Hall–Kier alpha value is -1.51. The second kappa shape index (κ2) is 6.50. The molecule has 0 saturated heterocycles.